The van der Waals surface area contributed by atoms with E-state index in [1.807, 2.05) is 12.4 Å². The van der Waals surface area contributed by atoms with Crippen molar-refractivity contribution in [2.75, 3.05) is 30.9 Å². The lowest BCUT2D eigenvalue weighted by Crippen LogP contribution is -2.37. The van der Waals surface area contributed by atoms with Gasteiger partial charge in [-0.3, -0.25) is 0 Å². The van der Waals surface area contributed by atoms with Crippen LogP contribution in [0.1, 0.15) is 45.1 Å². The van der Waals surface area contributed by atoms with Crippen LogP contribution in [-0.4, -0.2) is 44.3 Å². The molecule has 3 rings (SSSR count). The number of benzene rings is 1. The molecule has 2 aromatic rings. The van der Waals surface area contributed by atoms with E-state index >= 15 is 0 Å². The highest BCUT2D eigenvalue weighted by atomic mass is 32.2. The third-order valence-corrected chi connectivity index (χ3v) is 7.08. The third kappa shape index (κ3) is 6.17. The number of rotatable bonds is 9. The summed E-state index contributed by atoms with van der Waals surface area (Å²) in [6.45, 7) is 7.10. The van der Waals surface area contributed by atoms with Crippen LogP contribution in [0, 0.1) is 11.8 Å². The predicted molar refractivity (Wildman–Crippen MR) is 120 cm³/mol. The molecule has 0 saturated carbocycles. The van der Waals surface area contributed by atoms with E-state index in [2.05, 4.69) is 28.7 Å². The molecule has 0 radical (unpaired) electrons. The number of anilines is 1. The van der Waals surface area contributed by atoms with E-state index in [4.69, 9.17) is 4.74 Å². The zero-order valence-electron chi connectivity index (χ0n) is 18.3. The highest BCUT2D eigenvalue weighted by molar-refractivity contribution is 7.90. The Kier molecular flexibility index (Phi) is 7.69. The van der Waals surface area contributed by atoms with Crippen molar-refractivity contribution in [2.45, 2.75) is 50.8 Å². The minimum absolute atomic E-state index is 0.318. The predicted octanol–water partition coefficient (Wildman–Crippen LogP) is 4.15. The molecule has 1 aromatic carbocycles. The summed E-state index contributed by atoms with van der Waals surface area (Å²) in [5.41, 5.74) is 1.20. The molecular weight excluding hydrogens is 398 g/mol. The van der Waals surface area contributed by atoms with Gasteiger partial charge in [0.2, 0.25) is 5.95 Å². The molecule has 0 aliphatic carbocycles. The van der Waals surface area contributed by atoms with Crippen LogP contribution in [0.4, 0.5) is 5.95 Å². The van der Waals surface area contributed by atoms with Crippen LogP contribution in [0.15, 0.2) is 41.6 Å². The van der Waals surface area contributed by atoms with E-state index in [1.165, 1.54) is 11.8 Å². The maximum absolute atomic E-state index is 11.5. The molecule has 1 aromatic heterocycles. The second-order valence-electron chi connectivity index (χ2n) is 8.32. The fraction of sp³-hybridized carbons (Fsp3) is 0.565. The molecule has 0 spiro atoms. The first kappa shape index (κ1) is 22.5. The van der Waals surface area contributed by atoms with Crippen molar-refractivity contribution in [2.24, 2.45) is 11.8 Å². The van der Waals surface area contributed by atoms with Crippen molar-refractivity contribution in [1.82, 2.24) is 9.97 Å². The lowest BCUT2D eigenvalue weighted by Gasteiger charge is -2.35. The van der Waals surface area contributed by atoms with Gasteiger partial charge < -0.3 is 9.64 Å². The fourth-order valence-electron chi connectivity index (χ4n) is 3.98. The molecule has 0 N–H and O–H groups in total. The number of hydrogen-bond acceptors (Lipinski definition) is 6. The van der Waals surface area contributed by atoms with E-state index in [9.17, 15) is 8.42 Å². The zero-order chi connectivity index (χ0) is 21.6. The summed E-state index contributed by atoms with van der Waals surface area (Å²) in [5.74, 6) is 2.82. The van der Waals surface area contributed by atoms with Gasteiger partial charge in [0.1, 0.15) is 5.75 Å². The molecule has 0 bridgehead atoms. The second kappa shape index (κ2) is 10.2. The van der Waals surface area contributed by atoms with Crippen molar-refractivity contribution >= 4 is 15.8 Å². The topological polar surface area (TPSA) is 72.4 Å². The number of ether oxygens (including phenoxy) is 1. The van der Waals surface area contributed by atoms with E-state index in [1.54, 1.807) is 24.3 Å². The maximum Gasteiger partial charge on any atom is 0.225 e. The van der Waals surface area contributed by atoms with Crippen LogP contribution in [0.25, 0.3) is 0 Å². The maximum atomic E-state index is 11.5. The van der Waals surface area contributed by atoms with E-state index in [0.29, 0.717) is 29.1 Å². The van der Waals surface area contributed by atoms with Crippen molar-refractivity contribution in [3.63, 3.8) is 0 Å². The Labute approximate surface area is 180 Å². The first-order valence-electron chi connectivity index (χ1n) is 10.9. The molecule has 1 aliphatic heterocycles. The summed E-state index contributed by atoms with van der Waals surface area (Å²) >= 11 is 0. The summed E-state index contributed by atoms with van der Waals surface area (Å²) < 4.78 is 28.9. The van der Waals surface area contributed by atoms with Gasteiger partial charge in [0, 0.05) is 31.7 Å². The lowest BCUT2D eigenvalue weighted by molar-refractivity contribution is 0.222. The smallest absolute Gasteiger partial charge is 0.225 e. The number of hydrogen-bond donors (Lipinski definition) is 0. The Morgan fingerprint density at radius 2 is 1.77 bits per heavy atom. The first-order valence-corrected chi connectivity index (χ1v) is 12.7. The molecule has 6 nitrogen and oxygen atoms in total. The van der Waals surface area contributed by atoms with Gasteiger partial charge in [-0.05, 0) is 67.3 Å². The van der Waals surface area contributed by atoms with Crippen molar-refractivity contribution in [3.8, 4) is 5.75 Å². The molecular formula is C23H33N3O3S. The zero-order valence-corrected chi connectivity index (χ0v) is 19.1. The number of aromatic nitrogens is 2. The molecule has 164 valence electrons. The Morgan fingerprint density at radius 3 is 2.33 bits per heavy atom. The molecule has 1 atom stereocenters. The molecule has 7 heteroatoms. The second-order valence-corrected chi connectivity index (χ2v) is 10.3. The minimum Gasteiger partial charge on any atom is -0.494 e. The first-order chi connectivity index (χ1) is 14.4. The highest BCUT2D eigenvalue weighted by Gasteiger charge is 2.25. The Balaban J connectivity index is 1.41. The van der Waals surface area contributed by atoms with Gasteiger partial charge in [0.25, 0.3) is 0 Å². The lowest BCUT2D eigenvalue weighted by atomic mass is 9.84. The van der Waals surface area contributed by atoms with Crippen molar-refractivity contribution in [1.29, 1.82) is 0 Å². The molecule has 1 aliphatic rings. The number of piperidine rings is 1. The van der Waals surface area contributed by atoms with Gasteiger partial charge in [-0.25, -0.2) is 18.4 Å². The quantitative estimate of drug-likeness (QED) is 0.594. The summed E-state index contributed by atoms with van der Waals surface area (Å²) in [6, 6.07) is 6.65. The van der Waals surface area contributed by atoms with Gasteiger partial charge in [-0.1, -0.05) is 20.3 Å². The van der Waals surface area contributed by atoms with Gasteiger partial charge in [-0.15, -0.1) is 0 Å². The third-order valence-electron chi connectivity index (χ3n) is 5.95. The Hall–Kier alpha value is -2.15. The molecule has 30 heavy (non-hydrogen) atoms. The van der Waals surface area contributed by atoms with Crippen LogP contribution in [0.3, 0.4) is 0 Å². The van der Waals surface area contributed by atoms with Crippen LogP contribution in [0.5, 0.6) is 5.75 Å². The van der Waals surface area contributed by atoms with Crippen molar-refractivity contribution < 1.29 is 13.2 Å². The molecule has 2 heterocycles. The summed E-state index contributed by atoms with van der Waals surface area (Å²) in [7, 11) is -3.17. The summed E-state index contributed by atoms with van der Waals surface area (Å²) in [5, 5.41) is 0. The van der Waals surface area contributed by atoms with E-state index < -0.39 is 9.84 Å². The number of sulfone groups is 1. The Morgan fingerprint density at radius 1 is 1.13 bits per heavy atom. The summed E-state index contributed by atoms with van der Waals surface area (Å²) in [6.07, 6.45) is 10.5. The summed E-state index contributed by atoms with van der Waals surface area (Å²) in [4.78, 5) is 11.7. The molecule has 1 fully saturated rings. The fourth-order valence-corrected chi connectivity index (χ4v) is 4.61. The standard InChI is InChI=1S/C23H33N3O3S/c1-4-5-19-16-24-23(25-17-19)26-13-10-20(11-14-26)18(2)12-15-29-21-6-8-22(9-7-21)30(3,27)28/h6-9,16-18,20H,4-5,10-15H2,1-3H3. The highest BCUT2D eigenvalue weighted by Crippen LogP contribution is 2.28. The molecule has 0 amide bonds. The van der Waals surface area contributed by atoms with Gasteiger partial charge >= 0.3 is 0 Å². The van der Waals surface area contributed by atoms with E-state index in [-0.39, 0.29) is 0 Å². The number of aryl methyl sites for hydroxylation is 1. The van der Waals surface area contributed by atoms with Gasteiger partial charge in [0.15, 0.2) is 9.84 Å². The van der Waals surface area contributed by atoms with Crippen LogP contribution < -0.4 is 9.64 Å². The van der Waals surface area contributed by atoms with E-state index in [0.717, 1.165) is 51.1 Å². The Bertz CT molecular complexity index is 890. The normalized spacial score (nSPS) is 16.4. The largest absolute Gasteiger partial charge is 0.494 e. The number of nitrogens with zero attached hydrogens (tertiary/aromatic N) is 3. The van der Waals surface area contributed by atoms with Crippen LogP contribution in [0.2, 0.25) is 0 Å². The van der Waals surface area contributed by atoms with Gasteiger partial charge in [-0.2, -0.15) is 0 Å². The SMILES string of the molecule is CCCc1cnc(N2CCC(C(C)CCOc3ccc(S(C)(=O)=O)cc3)CC2)nc1. The minimum atomic E-state index is -3.17. The molecule has 1 unspecified atom stereocenters. The average Bonchev–Trinajstić information content (AvgIpc) is 2.74. The van der Waals surface area contributed by atoms with Crippen LogP contribution in [-0.2, 0) is 16.3 Å². The van der Waals surface area contributed by atoms with Crippen molar-refractivity contribution in [3.05, 3.63) is 42.2 Å². The van der Waals surface area contributed by atoms with Gasteiger partial charge in [0.05, 0.1) is 11.5 Å². The van der Waals surface area contributed by atoms with Crippen LogP contribution >= 0.6 is 0 Å². The monoisotopic (exact) mass is 431 g/mol. The average molecular weight is 432 g/mol. The molecule has 1 saturated heterocycles.